The fourth-order valence-corrected chi connectivity index (χ4v) is 1.31. The van der Waals surface area contributed by atoms with E-state index in [1.165, 1.54) is 10.8 Å². The highest BCUT2D eigenvalue weighted by Crippen LogP contribution is 1.90. The van der Waals surface area contributed by atoms with Crippen LogP contribution in [-0.4, -0.2) is 35.1 Å². The quantitative estimate of drug-likeness (QED) is 0.734. The van der Waals surface area contributed by atoms with Crippen LogP contribution in [0.2, 0.25) is 0 Å². The van der Waals surface area contributed by atoms with Gasteiger partial charge in [0.25, 0.3) is 5.56 Å². The van der Waals surface area contributed by atoms with Crippen molar-refractivity contribution in [2.45, 2.75) is 13.0 Å². The van der Waals surface area contributed by atoms with Gasteiger partial charge in [0, 0.05) is 12.7 Å². The lowest BCUT2D eigenvalue weighted by Crippen LogP contribution is -2.31. The summed E-state index contributed by atoms with van der Waals surface area (Å²) in [7, 11) is 3.88. The molecule has 0 radical (unpaired) electrons. The van der Waals surface area contributed by atoms with Gasteiger partial charge >= 0.3 is 5.69 Å². The van der Waals surface area contributed by atoms with Gasteiger partial charge in [0.1, 0.15) is 11.6 Å². The van der Waals surface area contributed by atoms with Crippen LogP contribution in [0.3, 0.4) is 0 Å². The highest BCUT2D eigenvalue weighted by Gasteiger charge is 2.03. The summed E-state index contributed by atoms with van der Waals surface area (Å²) in [6, 6.07) is 1.75. The van der Waals surface area contributed by atoms with E-state index in [1.807, 2.05) is 19.0 Å². The molecule has 86 valence electrons. The third-order valence-corrected chi connectivity index (χ3v) is 2.14. The lowest BCUT2D eigenvalue weighted by molar-refractivity contribution is 0.383. The molecular weight excluding hydrogens is 208 g/mol. The van der Waals surface area contributed by atoms with Crippen molar-refractivity contribution in [3.8, 4) is 6.07 Å². The van der Waals surface area contributed by atoms with Crippen LogP contribution in [0, 0.1) is 11.3 Å². The number of H-pyrrole nitrogens is 1. The van der Waals surface area contributed by atoms with Gasteiger partial charge in [0.15, 0.2) is 0 Å². The smallest absolute Gasteiger partial charge is 0.309 e. The molecule has 0 aliphatic rings. The maximum Gasteiger partial charge on any atom is 0.328 e. The van der Waals surface area contributed by atoms with Gasteiger partial charge in [-0.15, -0.1) is 0 Å². The van der Waals surface area contributed by atoms with Gasteiger partial charge in [-0.3, -0.25) is 14.3 Å². The lowest BCUT2D eigenvalue weighted by atomic mass is 10.3. The first-order valence-electron chi connectivity index (χ1n) is 4.93. The zero-order valence-electron chi connectivity index (χ0n) is 9.36. The Labute approximate surface area is 92.7 Å². The first-order chi connectivity index (χ1) is 7.54. The summed E-state index contributed by atoms with van der Waals surface area (Å²) in [5.41, 5.74) is -1.14. The largest absolute Gasteiger partial charge is 0.328 e. The minimum absolute atomic E-state index is 0.0375. The maximum absolute atomic E-state index is 11.4. The topological polar surface area (TPSA) is 81.9 Å². The molecule has 1 aromatic heterocycles. The fraction of sp³-hybridized carbons (Fsp3) is 0.500. The molecule has 6 nitrogen and oxygen atoms in total. The first kappa shape index (κ1) is 12.2. The van der Waals surface area contributed by atoms with E-state index in [4.69, 9.17) is 5.26 Å². The minimum atomic E-state index is -0.628. The van der Waals surface area contributed by atoms with E-state index in [0.717, 1.165) is 13.0 Å². The molecule has 0 aromatic carbocycles. The summed E-state index contributed by atoms with van der Waals surface area (Å²) in [5, 5.41) is 8.65. The number of aromatic amines is 1. The second-order valence-corrected chi connectivity index (χ2v) is 3.76. The van der Waals surface area contributed by atoms with Gasteiger partial charge in [-0.25, -0.2) is 4.79 Å². The van der Waals surface area contributed by atoms with Gasteiger partial charge in [0.05, 0.1) is 0 Å². The summed E-state index contributed by atoms with van der Waals surface area (Å²) < 4.78 is 1.35. The van der Waals surface area contributed by atoms with Gasteiger partial charge in [-0.05, 0) is 27.1 Å². The SMILES string of the molecule is CN(C)CCCn1cc(C#N)c(=O)[nH]c1=O. The Morgan fingerprint density at radius 1 is 1.50 bits per heavy atom. The zero-order chi connectivity index (χ0) is 12.1. The Bertz CT molecular complexity index is 507. The molecule has 0 unspecified atom stereocenters. The van der Waals surface area contributed by atoms with Crippen molar-refractivity contribution in [1.29, 1.82) is 5.26 Å². The number of nitrogens with one attached hydrogen (secondary N) is 1. The molecule has 6 heteroatoms. The number of hydrogen-bond acceptors (Lipinski definition) is 4. The zero-order valence-corrected chi connectivity index (χ0v) is 9.36. The van der Waals surface area contributed by atoms with Crippen molar-refractivity contribution in [3.63, 3.8) is 0 Å². The molecule has 1 N–H and O–H groups in total. The average molecular weight is 222 g/mol. The maximum atomic E-state index is 11.4. The van der Waals surface area contributed by atoms with Crippen LogP contribution in [0.25, 0.3) is 0 Å². The predicted molar refractivity (Wildman–Crippen MR) is 59.2 cm³/mol. The predicted octanol–water partition coefficient (Wildman–Crippen LogP) is -0.640. The molecule has 1 heterocycles. The van der Waals surface area contributed by atoms with Gasteiger partial charge in [0.2, 0.25) is 0 Å². The Kier molecular flexibility index (Phi) is 4.03. The van der Waals surface area contributed by atoms with E-state index >= 15 is 0 Å². The molecular formula is C10H14N4O2. The molecule has 0 aliphatic carbocycles. The van der Waals surface area contributed by atoms with Crippen LogP contribution >= 0.6 is 0 Å². The Hall–Kier alpha value is -1.87. The molecule has 1 aromatic rings. The molecule has 0 aliphatic heterocycles. The third-order valence-electron chi connectivity index (χ3n) is 2.14. The van der Waals surface area contributed by atoms with E-state index in [-0.39, 0.29) is 5.56 Å². The summed E-state index contributed by atoms with van der Waals surface area (Å²) >= 11 is 0. The van der Waals surface area contributed by atoms with Gasteiger partial charge in [-0.2, -0.15) is 5.26 Å². The lowest BCUT2D eigenvalue weighted by Gasteiger charge is -2.09. The molecule has 0 spiro atoms. The standard InChI is InChI=1S/C10H14N4O2/c1-13(2)4-3-5-14-7-8(6-11)9(15)12-10(14)16/h7H,3-5H2,1-2H3,(H,12,15,16). The minimum Gasteiger partial charge on any atom is -0.309 e. The highest BCUT2D eigenvalue weighted by molar-refractivity contribution is 5.21. The summed E-state index contributed by atoms with van der Waals surface area (Å²) in [5.74, 6) is 0. The van der Waals surface area contributed by atoms with Crippen LogP contribution in [0.15, 0.2) is 15.8 Å². The Morgan fingerprint density at radius 2 is 2.19 bits per heavy atom. The third kappa shape index (κ3) is 3.07. The van der Waals surface area contributed by atoms with E-state index < -0.39 is 11.2 Å². The monoisotopic (exact) mass is 222 g/mol. The van der Waals surface area contributed by atoms with Crippen LogP contribution in [-0.2, 0) is 6.54 Å². The van der Waals surface area contributed by atoms with E-state index in [9.17, 15) is 9.59 Å². The number of aromatic nitrogens is 2. The van der Waals surface area contributed by atoms with Crippen molar-refractivity contribution < 1.29 is 0 Å². The van der Waals surface area contributed by atoms with Crippen molar-refractivity contribution in [2.75, 3.05) is 20.6 Å². The molecule has 0 amide bonds. The highest BCUT2D eigenvalue weighted by atomic mass is 16.2. The molecule has 16 heavy (non-hydrogen) atoms. The van der Waals surface area contributed by atoms with E-state index in [2.05, 4.69) is 4.98 Å². The van der Waals surface area contributed by atoms with E-state index in [1.54, 1.807) is 6.07 Å². The normalized spacial score (nSPS) is 10.4. The second kappa shape index (κ2) is 5.28. The Balaban J connectivity index is 2.85. The average Bonchev–Trinajstić information content (AvgIpc) is 2.20. The first-order valence-corrected chi connectivity index (χ1v) is 4.93. The van der Waals surface area contributed by atoms with Crippen molar-refractivity contribution in [1.82, 2.24) is 14.5 Å². The summed E-state index contributed by atoms with van der Waals surface area (Å²) in [6.07, 6.45) is 2.08. The van der Waals surface area contributed by atoms with Crippen molar-refractivity contribution >= 4 is 0 Å². The van der Waals surface area contributed by atoms with Crippen molar-refractivity contribution in [3.05, 3.63) is 32.6 Å². The Morgan fingerprint density at radius 3 is 2.75 bits per heavy atom. The van der Waals surface area contributed by atoms with Crippen LogP contribution in [0.5, 0.6) is 0 Å². The molecule has 0 atom stereocenters. The van der Waals surface area contributed by atoms with Gasteiger partial charge < -0.3 is 4.90 Å². The van der Waals surface area contributed by atoms with Crippen LogP contribution < -0.4 is 11.2 Å². The molecule has 1 rings (SSSR count). The molecule has 0 saturated carbocycles. The van der Waals surface area contributed by atoms with Crippen molar-refractivity contribution in [2.24, 2.45) is 0 Å². The number of hydrogen-bond donors (Lipinski definition) is 1. The molecule has 0 fully saturated rings. The number of nitriles is 1. The fourth-order valence-electron chi connectivity index (χ4n) is 1.31. The van der Waals surface area contributed by atoms with Gasteiger partial charge in [-0.1, -0.05) is 0 Å². The molecule has 0 saturated heterocycles. The second-order valence-electron chi connectivity index (χ2n) is 3.76. The number of aryl methyl sites for hydroxylation is 1. The number of rotatable bonds is 4. The summed E-state index contributed by atoms with van der Waals surface area (Å²) in [4.78, 5) is 26.6. The van der Waals surface area contributed by atoms with Crippen LogP contribution in [0.1, 0.15) is 12.0 Å². The summed E-state index contributed by atoms with van der Waals surface area (Å²) in [6.45, 7) is 1.33. The number of nitrogens with zero attached hydrogens (tertiary/aromatic N) is 3. The molecule has 0 bridgehead atoms. The van der Waals surface area contributed by atoms with E-state index in [0.29, 0.717) is 6.54 Å². The van der Waals surface area contributed by atoms with Crippen LogP contribution in [0.4, 0.5) is 0 Å².